The molecule has 1 heterocycles. The number of anilines is 1. The van der Waals surface area contributed by atoms with Crippen LogP contribution >= 0.6 is 12.2 Å². The van der Waals surface area contributed by atoms with Crippen molar-refractivity contribution >= 4 is 23.0 Å². The quantitative estimate of drug-likeness (QED) is 0.566. The van der Waals surface area contributed by atoms with Crippen LogP contribution in [0.25, 0.3) is 0 Å². The molecule has 1 aromatic rings. The molecule has 6 heteroatoms. The second-order valence-corrected chi connectivity index (χ2v) is 5.66. The van der Waals surface area contributed by atoms with Crippen molar-refractivity contribution in [1.82, 2.24) is 10.2 Å². The number of thiocarbonyl (C=S) groups is 1. The van der Waals surface area contributed by atoms with E-state index in [1.807, 2.05) is 13.8 Å². The summed E-state index contributed by atoms with van der Waals surface area (Å²) in [6.45, 7) is 10.3. The first kappa shape index (κ1) is 16.8. The molecule has 20 heavy (non-hydrogen) atoms. The number of hydrogen-bond donors (Lipinski definition) is 2. The van der Waals surface area contributed by atoms with Gasteiger partial charge in [-0.05, 0) is 31.7 Å². The van der Waals surface area contributed by atoms with Gasteiger partial charge in [0.2, 0.25) is 0 Å². The zero-order chi connectivity index (χ0) is 15.1. The van der Waals surface area contributed by atoms with E-state index < -0.39 is 0 Å². The van der Waals surface area contributed by atoms with Gasteiger partial charge in [0, 0.05) is 13.2 Å². The maximum absolute atomic E-state index is 5.76. The third-order valence-corrected chi connectivity index (χ3v) is 3.28. The van der Waals surface area contributed by atoms with E-state index in [2.05, 4.69) is 29.4 Å². The van der Waals surface area contributed by atoms with E-state index in [1.54, 1.807) is 0 Å². The first-order valence-corrected chi connectivity index (χ1v) is 7.29. The van der Waals surface area contributed by atoms with Crippen molar-refractivity contribution < 1.29 is 4.74 Å². The Hall–Kier alpha value is -1.27. The van der Waals surface area contributed by atoms with Crippen molar-refractivity contribution in [2.75, 3.05) is 25.1 Å². The SMILES string of the molecule is Cc1nnc(NCCOCCC(C)C)c(C(N)=S)c1C. The number of rotatable bonds is 8. The fourth-order valence-corrected chi connectivity index (χ4v) is 1.95. The topological polar surface area (TPSA) is 73.1 Å². The predicted molar refractivity (Wildman–Crippen MR) is 86.2 cm³/mol. The zero-order valence-electron chi connectivity index (χ0n) is 12.7. The molecule has 0 atom stereocenters. The number of hydrogen-bond acceptors (Lipinski definition) is 5. The molecule has 0 saturated heterocycles. The lowest BCUT2D eigenvalue weighted by Crippen LogP contribution is -2.20. The Labute approximate surface area is 126 Å². The van der Waals surface area contributed by atoms with Crippen LogP contribution in [-0.2, 0) is 4.74 Å². The summed E-state index contributed by atoms with van der Waals surface area (Å²) in [6.07, 6.45) is 1.07. The van der Waals surface area contributed by atoms with Crippen LogP contribution in [0.5, 0.6) is 0 Å². The predicted octanol–water partition coefficient (Wildman–Crippen LogP) is 2.20. The van der Waals surface area contributed by atoms with E-state index in [-0.39, 0.29) is 0 Å². The maximum atomic E-state index is 5.76. The fourth-order valence-electron chi connectivity index (χ4n) is 1.70. The van der Waals surface area contributed by atoms with Crippen molar-refractivity contribution in [3.63, 3.8) is 0 Å². The molecular formula is C14H24N4OS. The monoisotopic (exact) mass is 296 g/mol. The lowest BCUT2D eigenvalue weighted by molar-refractivity contribution is 0.132. The molecule has 3 N–H and O–H groups in total. The molecule has 0 aliphatic rings. The summed E-state index contributed by atoms with van der Waals surface area (Å²) in [5.74, 6) is 1.29. The Bertz CT molecular complexity index is 463. The summed E-state index contributed by atoms with van der Waals surface area (Å²) in [4.78, 5) is 0.337. The van der Waals surface area contributed by atoms with Gasteiger partial charge >= 0.3 is 0 Å². The van der Waals surface area contributed by atoms with Crippen molar-refractivity contribution in [1.29, 1.82) is 0 Å². The van der Waals surface area contributed by atoms with Crippen LogP contribution in [0.4, 0.5) is 5.82 Å². The van der Waals surface area contributed by atoms with Crippen LogP contribution in [0, 0.1) is 19.8 Å². The average molecular weight is 296 g/mol. The number of nitrogens with one attached hydrogen (secondary N) is 1. The summed E-state index contributed by atoms with van der Waals surface area (Å²) in [6, 6.07) is 0. The summed E-state index contributed by atoms with van der Waals surface area (Å²) < 4.78 is 5.55. The number of ether oxygens (including phenoxy) is 1. The van der Waals surface area contributed by atoms with Gasteiger partial charge < -0.3 is 15.8 Å². The van der Waals surface area contributed by atoms with Gasteiger partial charge in [0.05, 0.1) is 17.9 Å². The number of nitrogens with two attached hydrogens (primary N) is 1. The van der Waals surface area contributed by atoms with Gasteiger partial charge in [-0.25, -0.2) is 0 Å². The first-order chi connectivity index (χ1) is 9.43. The average Bonchev–Trinajstić information content (AvgIpc) is 2.36. The minimum Gasteiger partial charge on any atom is -0.389 e. The van der Waals surface area contributed by atoms with Crippen LogP contribution in [0.15, 0.2) is 0 Å². The molecule has 0 radical (unpaired) electrons. The smallest absolute Gasteiger partial charge is 0.159 e. The highest BCUT2D eigenvalue weighted by Gasteiger charge is 2.12. The maximum Gasteiger partial charge on any atom is 0.159 e. The van der Waals surface area contributed by atoms with E-state index in [0.717, 1.165) is 29.8 Å². The second-order valence-electron chi connectivity index (χ2n) is 5.22. The van der Waals surface area contributed by atoms with E-state index in [0.29, 0.717) is 29.9 Å². The van der Waals surface area contributed by atoms with Crippen LogP contribution in [0.1, 0.15) is 37.1 Å². The number of nitrogens with zero attached hydrogens (tertiary/aromatic N) is 2. The molecule has 5 nitrogen and oxygen atoms in total. The Morgan fingerprint density at radius 1 is 1.30 bits per heavy atom. The summed E-state index contributed by atoms with van der Waals surface area (Å²) in [7, 11) is 0. The molecule has 0 fully saturated rings. The van der Waals surface area contributed by atoms with Gasteiger partial charge in [-0.2, -0.15) is 5.10 Å². The molecule has 0 saturated carbocycles. The van der Waals surface area contributed by atoms with Gasteiger partial charge in [0.1, 0.15) is 4.99 Å². The molecule has 112 valence electrons. The molecular weight excluding hydrogens is 272 g/mol. The number of aryl methyl sites for hydroxylation is 1. The van der Waals surface area contributed by atoms with Crippen molar-refractivity contribution in [3.8, 4) is 0 Å². The van der Waals surface area contributed by atoms with Crippen molar-refractivity contribution in [2.24, 2.45) is 11.7 Å². The van der Waals surface area contributed by atoms with E-state index in [4.69, 9.17) is 22.7 Å². The molecule has 0 aliphatic heterocycles. The molecule has 0 unspecified atom stereocenters. The van der Waals surface area contributed by atoms with Gasteiger partial charge in [0.15, 0.2) is 5.82 Å². The summed E-state index contributed by atoms with van der Waals surface area (Å²) in [5.41, 5.74) is 8.34. The van der Waals surface area contributed by atoms with Gasteiger partial charge in [-0.1, -0.05) is 26.1 Å². The molecule has 0 aliphatic carbocycles. The third-order valence-electron chi connectivity index (χ3n) is 3.08. The highest BCUT2D eigenvalue weighted by atomic mass is 32.1. The third kappa shape index (κ3) is 5.02. The summed E-state index contributed by atoms with van der Waals surface area (Å²) in [5, 5.41) is 11.4. The van der Waals surface area contributed by atoms with Crippen molar-refractivity contribution in [3.05, 3.63) is 16.8 Å². The Kier molecular flexibility index (Phi) is 6.81. The lowest BCUT2D eigenvalue weighted by atomic mass is 10.1. The van der Waals surface area contributed by atoms with Crippen LogP contribution in [0.2, 0.25) is 0 Å². The van der Waals surface area contributed by atoms with Gasteiger partial charge in [-0.3, -0.25) is 0 Å². The Morgan fingerprint density at radius 3 is 2.60 bits per heavy atom. The molecule has 1 rings (SSSR count). The Morgan fingerprint density at radius 2 is 2.00 bits per heavy atom. The zero-order valence-corrected chi connectivity index (χ0v) is 13.5. The molecule has 0 amide bonds. The van der Waals surface area contributed by atoms with Crippen LogP contribution in [-0.4, -0.2) is 34.9 Å². The van der Waals surface area contributed by atoms with Crippen molar-refractivity contribution in [2.45, 2.75) is 34.1 Å². The molecule has 0 bridgehead atoms. The summed E-state index contributed by atoms with van der Waals surface area (Å²) >= 11 is 5.08. The second kappa shape index (κ2) is 8.11. The van der Waals surface area contributed by atoms with E-state index >= 15 is 0 Å². The van der Waals surface area contributed by atoms with Crippen LogP contribution < -0.4 is 11.1 Å². The van der Waals surface area contributed by atoms with E-state index in [1.165, 1.54) is 0 Å². The molecule has 0 spiro atoms. The minimum absolute atomic E-state index is 0.337. The van der Waals surface area contributed by atoms with E-state index in [9.17, 15) is 0 Å². The van der Waals surface area contributed by atoms with Crippen LogP contribution in [0.3, 0.4) is 0 Å². The Balaban J connectivity index is 2.52. The normalized spacial score (nSPS) is 10.8. The number of aromatic nitrogens is 2. The van der Waals surface area contributed by atoms with Gasteiger partial charge in [0.25, 0.3) is 0 Å². The first-order valence-electron chi connectivity index (χ1n) is 6.88. The minimum atomic E-state index is 0.337. The highest BCUT2D eigenvalue weighted by Crippen LogP contribution is 2.17. The molecule has 1 aromatic heterocycles. The highest BCUT2D eigenvalue weighted by molar-refractivity contribution is 7.80. The molecule has 0 aromatic carbocycles. The fraction of sp³-hybridized carbons (Fsp3) is 0.643. The largest absolute Gasteiger partial charge is 0.389 e. The van der Waals surface area contributed by atoms with Gasteiger partial charge in [-0.15, -0.1) is 5.10 Å². The standard InChI is InChI=1S/C14H24N4OS/c1-9(2)5-7-19-8-6-16-14-12(13(15)20)10(3)11(4)17-18-14/h9H,5-8H2,1-4H3,(H2,15,20)(H,16,18). The lowest BCUT2D eigenvalue weighted by Gasteiger charge is -2.13.